The molecule has 0 bridgehead atoms. The van der Waals surface area contributed by atoms with Crippen LogP contribution in [-0.4, -0.2) is 42.5 Å². The second kappa shape index (κ2) is 7.58. The van der Waals surface area contributed by atoms with Crippen LogP contribution in [0, 0.1) is 0 Å². The number of nitrogens with two attached hydrogens (primary N) is 1. The lowest BCUT2D eigenvalue weighted by Gasteiger charge is -2.35. The summed E-state index contributed by atoms with van der Waals surface area (Å²) in [5, 5.41) is 3.27. The van der Waals surface area contributed by atoms with Gasteiger partial charge in [0.05, 0.1) is 6.61 Å². The number of anilines is 2. The van der Waals surface area contributed by atoms with E-state index in [1.807, 2.05) is 42.5 Å². The van der Waals surface area contributed by atoms with Gasteiger partial charge in [0, 0.05) is 30.6 Å². The lowest BCUT2D eigenvalue weighted by molar-refractivity contribution is -0.130. The molecule has 1 aliphatic heterocycles. The zero-order chi connectivity index (χ0) is 18.6. The molecule has 0 spiro atoms. The van der Waals surface area contributed by atoms with Crippen LogP contribution in [0.1, 0.15) is 23.2 Å². The average molecular weight is 353 g/mol. The summed E-state index contributed by atoms with van der Waals surface area (Å²) >= 11 is 0. The Hall–Kier alpha value is -2.86. The maximum Gasteiger partial charge on any atom is 0.254 e. The summed E-state index contributed by atoms with van der Waals surface area (Å²) in [6.07, 6.45) is 1.24. The highest BCUT2D eigenvalue weighted by atomic mass is 16.5. The summed E-state index contributed by atoms with van der Waals surface area (Å²) in [5.74, 6) is -0.737. The van der Waals surface area contributed by atoms with Gasteiger partial charge in [0.1, 0.15) is 5.54 Å². The fraction of sp³-hybridized carbons (Fsp3) is 0.300. The molecule has 1 heterocycles. The van der Waals surface area contributed by atoms with Gasteiger partial charge < -0.3 is 20.7 Å². The first-order chi connectivity index (χ1) is 12.6. The largest absolute Gasteiger partial charge is 0.382 e. The molecule has 136 valence electrons. The number of carbonyl (C=O) groups excluding carboxylic acids is 2. The second-order valence-corrected chi connectivity index (χ2v) is 6.46. The molecule has 3 N–H and O–H groups in total. The molecule has 6 heteroatoms. The van der Waals surface area contributed by atoms with Gasteiger partial charge in [0.25, 0.3) is 5.91 Å². The Kier molecular flexibility index (Phi) is 5.23. The number of para-hydroxylation sites is 1. The molecule has 0 saturated carbocycles. The number of hydrogen-bond donors (Lipinski definition) is 2. The van der Waals surface area contributed by atoms with Crippen LogP contribution in [0.4, 0.5) is 11.4 Å². The average Bonchev–Trinajstić information content (AvgIpc) is 3.07. The molecule has 2 aromatic rings. The lowest BCUT2D eigenvalue weighted by Crippen LogP contribution is -2.58. The first-order valence-electron chi connectivity index (χ1n) is 8.60. The van der Waals surface area contributed by atoms with Crippen molar-refractivity contribution < 1.29 is 14.3 Å². The number of benzene rings is 2. The molecule has 1 saturated heterocycles. The quantitative estimate of drug-likeness (QED) is 0.836. The Labute approximate surface area is 152 Å². The fourth-order valence-electron chi connectivity index (χ4n) is 3.46. The maximum absolute atomic E-state index is 13.1. The van der Waals surface area contributed by atoms with E-state index in [1.165, 1.54) is 7.11 Å². The van der Waals surface area contributed by atoms with Crippen molar-refractivity contribution in [3.05, 3.63) is 60.2 Å². The molecule has 0 aliphatic carbocycles. The third kappa shape index (κ3) is 3.41. The SMILES string of the molecule is COCC1(C(N)=O)CCCN1C(=O)c1cccc(Nc2ccccc2)c1. The number of rotatable bonds is 6. The molecule has 1 fully saturated rings. The van der Waals surface area contributed by atoms with Crippen LogP contribution < -0.4 is 11.1 Å². The summed E-state index contributed by atoms with van der Waals surface area (Å²) in [6, 6.07) is 17.0. The van der Waals surface area contributed by atoms with Gasteiger partial charge in [-0.25, -0.2) is 0 Å². The number of nitrogens with zero attached hydrogens (tertiary/aromatic N) is 1. The minimum atomic E-state index is -1.07. The molecule has 2 aromatic carbocycles. The van der Waals surface area contributed by atoms with Gasteiger partial charge in [-0.05, 0) is 43.2 Å². The summed E-state index contributed by atoms with van der Waals surface area (Å²) in [5.41, 5.74) is 6.80. The Morgan fingerprint density at radius 2 is 1.88 bits per heavy atom. The highest BCUT2D eigenvalue weighted by Gasteiger charge is 2.48. The number of nitrogens with one attached hydrogen (secondary N) is 1. The molecule has 1 aliphatic rings. The van der Waals surface area contributed by atoms with Gasteiger partial charge in [0.2, 0.25) is 5.91 Å². The molecule has 26 heavy (non-hydrogen) atoms. The Bertz CT molecular complexity index is 794. The van der Waals surface area contributed by atoms with Gasteiger partial charge >= 0.3 is 0 Å². The Morgan fingerprint density at radius 1 is 1.15 bits per heavy atom. The summed E-state index contributed by atoms with van der Waals surface area (Å²) in [7, 11) is 1.51. The van der Waals surface area contributed by atoms with Gasteiger partial charge in [-0.3, -0.25) is 9.59 Å². The number of amides is 2. The molecule has 1 atom stereocenters. The van der Waals surface area contributed by atoms with E-state index < -0.39 is 11.4 Å². The van der Waals surface area contributed by atoms with E-state index in [-0.39, 0.29) is 12.5 Å². The summed E-state index contributed by atoms with van der Waals surface area (Å²) < 4.78 is 5.20. The van der Waals surface area contributed by atoms with Crippen LogP contribution in [0.15, 0.2) is 54.6 Å². The monoisotopic (exact) mass is 353 g/mol. The molecule has 1 unspecified atom stereocenters. The van der Waals surface area contributed by atoms with E-state index in [4.69, 9.17) is 10.5 Å². The molecule has 3 rings (SSSR count). The number of methoxy groups -OCH3 is 1. The molecular formula is C20H23N3O3. The van der Waals surface area contributed by atoms with Crippen molar-refractivity contribution >= 4 is 23.2 Å². The number of likely N-dealkylation sites (tertiary alicyclic amines) is 1. The van der Waals surface area contributed by atoms with E-state index >= 15 is 0 Å². The van der Waals surface area contributed by atoms with Crippen molar-refractivity contribution in [2.24, 2.45) is 5.73 Å². The second-order valence-electron chi connectivity index (χ2n) is 6.46. The van der Waals surface area contributed by atoms with Crippen LogP contribution in [-0.2, 0) is 9.53 Å². The first-order valence-corrected chi connectivity index (χ1v) is 8.60. The van der Waals surface area contributed by atoms with E-state index in [9.17, 15) is 9.59 Å². The zero-order valence-corrected chi connectivity index (χ0v) is 14.8. The van der Waals surface area contributed by atoms with E-state index in [1.54, 1.807) is 17.0 Å². The van der Waals surface area contributed by atoms with Crippen molar-refractivity contribution in [1.82, 2.24) is 4.90 Å². The van der Waals surface area contributed by atoms with Crippen LogP contribution in [0.25, 0.3) is 0 Å². The van der Waals surface area contributed by atoms with E-state index in [0.29, 0.717) is 18.5 Å². The van der Waals surface area contributed by atoms with Crippen LogP contribution >= 0.6 is 0 Å². The number of ether oxygens (including phenoxy) is 1. The van der Waals surface area contributed by atoms with Gasteiger partial charge in [-0.1, -0.05) is 24.3 Å². The fourth-order valence-corrected chi connectivity index (χ4v) is 3.46. The lowest BCUT2D eigenvalue weighted by atomic mass is 9.95. The summed E-state index contributed by atoms with van der Waals surface area (Å²) in [4.78, 5) is 26.7. The topological polar surface area (TPSA) is 84.7 Å². The standard InChI is InChI=1S/C20H23N3O3/c1-26-14-20(19(21)25)11-6-12-23(20)18(24)15-7-5-10-17(13-15)22-16-8-3-2-4-9-16/h2-5,7-10,13,22H,6,11-12,14H2,1H3,(H2,21,25). The zero-order valence-electron chi connectivity index (χ0n) is 14.8. The smallest absolute Gasteiger partial charge is 0.254 e. The predicted octanol–water partition coefficient (Wildman–Crippen LogP) is 2.54. The molecular weight excluding hydrogens is 330 g/mol. The molecule has 2 amide bonds. The van der Waals surface area contributed by atoms with Crippen molar-refractivity contribution in [2.45, 2.75) is 18.4 Å². The van der Waals surface area contributed by atoms with Crippen LogP contribution in [0.5, 0.6) is 0 Å². The van der Waals surface area contributed by atoms with E-state index in [0.717, 1.165) is 17.8 Å². The highest BCUT2D eigenvalue weighted by Crippen LogP contribution is 2.31. The molecule has 0 radical (unpaired) electrons. The first kappa shape index (κ1) is 17.9. The number of primary amides is 1. The van der Waals surface area contributed by atoms with E-state index in [2.05, 4.69) is 5.32 Å². The van der Waals surface area contributed by atoms with Crippen molar-refractivity contribution in [3.8, 4) is 0 Å². The van der Waals surface area contributed by atoms with Crippen LogP contribution in [0.3, 0.4) is 0 Å². The number of hydrogen-bond acceptors (Lipinski definition) is 4. The summed E-state index contributed by atoms with van der Waals surface area (Å²) in [6.45, 7) is 0.595. The predicted molar refractivity (Wildman–Crippen MR) is 100 cm³/mol. The Balaban J connectivity index is 1.85. The molecule has 6 nitrogen and oxygen atoms in total. The Morgan fingerprint density at radius 3 is 2.58 bits per heavy atom. The van der Waals surface area contributed by atoms with Crippen LogP contribution in [0.2, 0.25) is 0 Å². The van der Waals surface area contributed by atoms with Gasteiger partial charge in [-0.15, -0.1) is 0 Å². The van der Waals surface area contributed by atoms with Gasteiger partial charge in [0.15, 0.2) is 0 Å². The normalized spacial score (nSPS) is 19.3. The van der Waals surface area contributed by atoms with Crippen molar-refractivity contribution in [1.29, 1.82) is 0 Å². The minimum Gasteiger partial charge on any atom is -0.382 e. The minimum absolute atomic E-state index is 0.107. The molecule has 0 aromatic heterocycles. The van der Waals surface area contributed by atoms with Crippen molar-refractivity contribution in [3.63, 3.8) is 0 Å². The highest BCUT2D eigenvalue weighted by molar-refractivity contribution is 6.00. The third-order valence-electron chi connectivity index (χ3n) is 4.75. The third-order valence-corrected chi connectivity index (χ3v) is 4.75. The maximum atomic E-state index is 13.1. The van der Waals surface area contributed by atoms with Gasteiger partial charge in [-0.2, -0.15) is 0 Å². The van der Waals surface area contributed by atoms with Crippen molar-refractivity contribution in [2.75, 3.05) is 25.6 Å². The number of carbonyl (C=O) groups is 2.